The molecule has 0 saturated carbocycles. The number of aromatic nitrogens is 1. The zero-order valence-corrected chi connectivity index (χ0v) is 13.1. The number of oxazole rings is 1. The van der Waals surface area contributed by atoms with E-state index in [9.17, 15) is 4.79 Å². The highest BCUT2D eigenvalue weighted by molar-refractivity contribution is 5.78. The summed E-state index contributed by atoms with van der Waals surface area (Å²) in [4.78, 5) is 21.1. The number of carbonyl (C=O) groups excluding carboxylic acids is 1. The molecule has 0 spiro atoms. The Morgan fingerprint density at radius 1 is 1.18 bits per heavy atom. The molecule has 116 valence electrons. The summed E-state index contributed by atoms with van der Waals surface area (Å²) < 4.78 is 5.72. The molecule has 1 saturated heterocycles. The summed E-state index contributed by atoms with van der Waals surface area (Å²) >= 11 is 0. The van der Waals surface area contributed by atoms with Gasteiger partial charge in [-0.25, -0.2) is 4.98 Å². The van der Waals surface area contributed by atoms with Crippen LogP contribution in [0.4, 0.5) is 0 Å². The van der Waals surface area contributed by atoms with Gasteiger partial charge in [0.25, 0.3) is 0 Å². The third-order valence-electron chi connectivity index (χ3n) is 4.09. The fourth-order valence-corrected chi connectivity index (χ4v) is 2.61. The number of amides is 1. The number of aryl methyl sites for hydroxylation is 1. The van der Waals surface area contributed by atoms with Crippen LogP contribution in [0.15, 0.2) is 34.7 Å². The second-order valence-corrected chi connectivity index (χ2v) is 5.75. The molecule has 2 heterocycles. The maximum absolute atomic E-state index is 12.4. The summed E-state index contributed by atoms with van der Waals surface area (Å²) in [5.74, 6) is 1.43. The average molecular weight is 299 g/mol. The molecule has 0 N–H and O–H groups in total. The van der Waals surface area contributed by atoms with Gasteiger partial charge in [0, 0.05) is 31.7 Å². The van der Waals surface area contributed by atoms with E-state index >= 15 is 0 Å². The molecule has 1 amide bonds. The van der Waals surface area contributed by atoms with Crippen molar-refractivity contribution in [1.82, 2.24) is 14.8 Å². The number of piperazine rings is 1. The van der Waals surface area contributed by atoms with Crippen molar-refractivity contribution in [2.45, 2.75) is 13.3 Å². The Kier molecular flexibility index (Phi) is 4.24. The fraction of sp³-hybridized carbons (Fsp3) is 0.412. The fourth-order valence-electron chi connectivity index (χ4n) is 2.61. The monoisotopic (exact) mass is 299 g/mol. The predicted octanol–water partition coefficient (Wildman–Crippen LogP) is 1.97. The van der Waals surface area contributed by atoms with E-state index in [1.807, 2.05) is 42.2 Å². The highest BCUT2D eigenvalue weighted by Gasteiger charge is 2.21. The average Bonchev–Trinajstić information content (AvgIpc) is 2.90. The first-order valence-corrected chi connectivity index (χ1v) is 7.61. The lowest BCUT2D eigenvalue weighted by atomic mass is 10.2. The molecule has 5 heteroatoms. The lowest BCUT2D eigenvalue weighted by Crippen LogP contribution is -2.47. The van der Waals surface area contributed by atoms with Gasteiger partial charge in [-0.1, -0.05) is 18.2 Å². The molecule has 0 bridgehead atoms. The van der Waals surface area contributed by atoms with Gasteiger partial charge in [0.2, 0.25) is 11.8 Å². The number of benzene rings is 1. The van der Waals surface area contributed by atoms with Crippen LogP contribution in [0.25, 0.3) is 11.5 Å². The Labute approximate surface area is 130 Å². The molecule has 1 fully saturated rings. The SMILES string of the molecule is Cc1oc(-c2ccccc2)nc1CC(=O)N1CCN(C)CC1. The Balaban J connectivity index is 1.70. The maximum atomic E-state index is 12.4. The van der Waals surface area contributed by atoms with Gasteiger partial charge >= 0.3 is 0 Å². The highest BCUT2D eigenvalue weighted by atomic mass is 16.4. The number of hydrogen-bond donors (Lipinski definition) is 0. The molecule has 1 aliphatic rings. The van der Waals surface area contributed by atoms with Gasteiger partial charge in [0.15, 0.2) is 0 Å². The highest BCUT2D eigenvalue weighted by Crippen LogP contribution is 2.22. The quantitative estimate of drug-likeness (QED) is 0.869. The molecule has 1 aromatic heterocycles. The van der Waals surface area contributed by atoms with Crippen LogP contribution in [0.5, 0.6) is 0 Å². The predicted molar refractivity (Wildman–Crippen MR) is 84.5 cm³/mol. The van der Waals surface area contributed by atoms with Crippen molar-refractivity contribution in [3.63, 3.8) is 0 Å². The van der Waals surface area contributed by atoms with Crippen LogP contribution >= 0.6 is 0 Å². The zero-order chi connectivity index (χ0) is 15.5. The smallest absolute Gasteiger partial charge is 0.228 e. The molecule has 1 aliphatic heterocycles. The van der Waals surface area contributed by atoms with Crippen LogP contribution in [0.1, 0.15) is 11.5 Å². The Hall–Kier alpha value is -2.14. The first-order chi connectivity index (χ1) is 10.6. The van der Waals surface area contributed by atoms with Crippen LogP contribution in [0, 0.1) is 6.92 Å². The molecule has 3 rings (SSSR count). The molecule has 22 heavy (non-hydrogen) atoms. The van der Waals surface area contributed by atoms with E-state index in [1.165, 1.54) is 0 Å². The summed E-state index contributed by atoms with van der Waals surface area (Å²) in [6, 6.07) is 9.76. The Morgan fingerprint density at radius 2 is 1.86 bits per heavy atom. The van der Waals surface area contributed by atoms with E-state index in [2.05, 4.69) is 16.9 Å². The van der Waals surface area contributed by atoms with Gasteiger partial charge in [-0.05, 0) is 26.1 Å². The minimum Gasteiger partial charge on any atom is -0.441 e. The number of nitrogens with zero attached hydrogens (tertiary/aromatic N) is 3. The van der Waals surface area contributed by atoms with E-state index < -0.39 is 0 Å². The Bertz CT molecular complexity index is 643. The van der Waals surface area contributed by atoms with Gasteiger partial charge in [-0.3, -0.25) is 4.79 Å². The summed E-state index contributed by atoms with van der Waals surface area (Å²) in [6.07, 6.45) is 0.311. The lowest BCUT2D eigenvalue weighted by molar-refractivity contribution is -0.132. The van der Waals surface area contributed by atoms with E-state index in [0.717, 1.165) is 43.2 Å². The van der Waals surface area contributed by atoms with Crippen LogP contribution in [-0.4, -0.2) is 53.9 Å². The number of likely N-dealkylation sites (N-methyl/N-ethyl adjacent to an activating group) is 1. The normalized spacial score (nSPS) is 16.0. The van der Waals surface area contributed by atoms with Crippen molar-refractivity contribution in [2.75, 3.05) is 33.2 Å². The van der Waals surface area contributed by atoms with E-state index in [0.29, 0.717) is 12.3 Å². The third-order valence-corrected chi connectivity index (χ3v) is 4.09. The number of rotatable bonds is 3. The first kappa shape index (κ1) is 14.8. The van der Waals surface area contributed by atoms with Crippen LogP contribution in [-0.2, 0) is 11.2 Å². The molecular weight excluding hydrogens is 278 g/mol. The van der Waals surface area contributed by atoms with E-state index in [-0.39, 0.29) is 5.91 Å². The van der Waals surface area contributed by atoms with Crippen molar-refractivity contribution in [3.8, 4) is 11.5 Å². The van der Waals surface area contributed by atoms with Crippen molar-refractivity contribution < 1.29 is 9.21 Å². The van der Waals surface area contributed by atoms with Crippen molar-refractivity contribution in [3.05, 3.63) is 41.8 Å². The standard InChI is InChI=1S/C17H21N3O2/c1-13-15(12-16(21)20-10-8-19(2)9-11-20)18-17(22-13)14-6-4-3-5-7-14/h3-7H,8-12H2,1-2H3. The van der Waals surface area contributed by atoms with Gasteiger partial charge < -0.3 is 14.2 Å². The van der Waals surface area contributed by atoms with Crippen molar-refractivity contribution in [2.24, 2.45) is 0 Å². The summed E-state index contributed by atoms with van der Waals surface area (Å²) in [7, 11) is 2.08. The second kappa shape index (κ2) is 6.32. The molecule has 1 aromatic carbocycles. The van der Waals surface area contributed by atoms with E-state index in [4.69, 9.17) is 4.42 Å². The Morgan fingerprint density at radius 3 is 2.55 bits per heavy atom. The van der Waals surface area contributed by atoms with Crippen molar-refractivity contribution >= 4 is 5.91 Å². The molecule has 0 aliphatic carbocycles. The summed E-state index contributed by atoms with van der Waals surface area (Å²) in [6.45, 7) is 5.30. The molecule has 5 nitrogen and oxygen atoms in total. The minimum absolute atomic E-state index is 0.129. The largest absolute Gasteiger partial charge is 0.441 e. The van der Waals surface area contributed by atoms with Gasteiger partial charge in [-0.15, -0.1) is 0 Å². The van der Waals surface area contributed by atoms with Gasteiger partial charge in [0.1, 0.15) is 5.76 Å². The first-order valence-electron chi connectivity index (χ1n) is 7.61. The van der Waals surface area contributed by atoms with Crippen molar-refractivity contribution in [1.29, 1.82) is 0 Å². The topological polar surface area (TPSA) is 49.6 Å². The molecule has 2 aromatic rings. The molecule has 0 unspecified atom stereocenters. The second-order valence-electron chi connectivity index (χ2n) is 5.75. The number of carbonyl (C=O) groups is 1. The third kappa shape index (κ3) is 3.20. The molecular formula is C17H21N3O2. The molecule has 0 atom stereocenters. The maximum Gasteiger partial charge on any atom is 0.228 e. The minimum atomic E-state index is 0.129. The van der Waals surface area contributed by atoms with Crippen LogP contribution in [0.2, 0.25) is 0 Å². The number of hydrogen-bond acceptors (Lipinski definition) is 4. The van der Waals surface area contributed by atoms with Crippen LogP contribution < -0.4 is 0 Å². The zero-order valence-electron chi connectivity index (χ0n) is 13.1. The van der Waals surface area contributed by atoms with E-state index in [1.54, 1.807) is 0 Å². The lowest BCUT2D eigenvalue weighted by Gasteiger charge is -2.32. The molecule has 0 radical (unpaired) electrons. The van der Waals surface area contributed by atoms with Gasteiger partial charge in [0.05, 0.1) is 12.1 Å². The van der Waals surface area contributed by atoms with Gasteiger partial charge in [-0.2, -0.15) is 0 Å². The summed E-state index contributed by atoms with van der Waals surface area (Å²) in [5.41, 5.74) is 1.67. The van der Waals surface area contributed by atoms with Crippen LogP contribution in [0.3, 0.4) is 0 Å². The summed E-state index contributed by atoms with van der Waals surface area (Å²) in [5, 5.41) is 0.